The van der Waals surface area contributed by atoms with E-state index in [2.05, 4.69) is 29.6 Å². The van der Waals surface area contributed by atoms with E-state index >= 15 is 0 Å². The van der Waals surface area contributed by atoms with Gasteiger partial charge in [-0.3, -0.25) is 4.79 Å². The fraction of sp³-hybridized carbons (Fsp3) is 0.353. The first-order chi connectivity index (χ1) is 10.7. The van der Waals surface area contributed by atoms with E-state index in [0.717, 1.165) is 31.0 Å². The zero-order valence-electron chi connectivity index (χ0n) is 12.3. The van der Waals surface area contributed by atoms with Gasteiger partial charge in [0, 0.05) is 30.5 Å². The predicted molar refractivity (Wildman–Crippen MR) is 87.8 cm³/mol. The zero-order chi connectivity index (χ0) is 15.4. The Morgan fingerprint density at radius 1 is 1.27 bits per heavy atom. The first-order valence-corrected chi connectivity index (χ1v) is 8.31. The molecule has 5 heteroatoms. The van der Waals surface area contributed by atoms with Gasteiger partial charge in [-0.05, 0) is 24.1 Å². The van der Waals surface area contributed by atoms with Gasteiger partial charge in [-0.25, -0.2) is 0 Å². The monoisotopic (exact) mass is 316 g/mol. The summed E-state index contributed by atoms with van der Waals surface area (Å²) in [7, 11) is 0. The minimum absolute atomic E-state index is 0.179. The van der Waals surface area contributed by atoms with Crippen molar-refractivity contribution < 1.29 is 9.53 Å². The standard InChI is InChI=1S/C17H20N2O2S/c18-17(20)15-7-6-14(22-15)11-19-10-13-8-9-21-16(13)12-4-2-1-3-5-12/h1-7,13,16,19H,8-11H2,(H2,18,20)/t13-,16-/m1/s1. The topological polar surface area (TPSA) is 64.4 Å². The van der Waals surface area contributed by atoms with Crippen molar-refractivity contribution >= 4 is 17.2 Å². The highest BCUT2D eigenvalue weighted by molar-refractivity contribution is 7.14. The molecular weight excluding hydrogens is 296 g/mol. The summed E-state index contributed by atoms with van der Waals surface area (Å²) in [5, 5.41) is 3.47. The quantitative estimate of drug-likeness (QED) is 0.861. The van der Waals surface area contributed by atoms with E-state index < -0.39 is 0 Å². The van der Waals surface area contributed by atoms with Gasteiger partial charge in [0.15, 0.2) is 0 Å². The second-order valence-electron chi connectivity index (χ2n) is 5.51. The lowest BCUT2D eigenvalue weighted by Crippen LogP contribution is -2.24. The van der Waals surface area contributed by atoms with Crippen LogP contribution in [0, 0.1) is 5.92 Å². The van der Waals surface area contributed by atoms with Crippen LogP contribution in [-0.4, -0.2) is 19.1 Å². The third-order valence-electron chi connectivity index (χ3n) is 3.95. The van der Waals surface area contributed by atoms with Crippen molar-refractivity contribution in [3.05, 3.63) is 57.8 Å². The molecular formula is C17H20N2O2S. The highest BCUT2D eigenvalue weighted by Crippen LogP contribution is 2.33. The van der Waals surface area contributed by atoms with Crippen molar-refractivity contribution in [1.29, 1.82) is 0 Å². The Bertz CT molecular complexity index is 627. The molecule has 0 radical (unpaired) electrons. The second kappa shape index (κ2) is 7.05. The normalized spacial score (nSPS) is 21.1. The molecule has 0 spiro atoms. The van der Waals surface area contributed by atoms with Crippen LogP contribution in [0.2, 0.25) is 0 Å². The molecule has 0 bridgehead atoms. The maximum Gasteiger partial charge on any atom is 0.258 e. The van der Waals surface area contributed by atoms with Gasteiger partial charge < -0.3 is 15.8 Å². The minimum atomic E-state index is -0.357. The fourth-order valence-corrected chi connectivity index (χ4v) is 3.67. The molecule has 3 N–H and O–H groups in total. The van der Waals surface area contributed by atoms with Gasteiger partial charge in [0.2, 0.25) is 0 Å². The number of thiophene rings is 1. The number of hydrogen-bond donors (Lipinski definition) is 2. The number of amides is 1. The van der Waals surface area contributed by atoms with Gasteiger partial charge in [-0.1, -0.05) is 30.3 Å². The van der Waals surface area contributed by atoms with Crippen LogP contribution in [0.4, 0.5) is 0 Å². The molecule has 0 saturated carbocycles. The third-order valence-corrected chi connectivity index (χ3v) is 5.05. The van der Waals surface area contributed by atoms with E-state index in [1.54, 1.807) is 6.07 Å². The molecule has 1 fully saturated rings. The van der Waals surface area contributed by atoms with E-state index in [4.69, 9.17) is 10.5 Å². The molecule has 3 rings (SSSR count). The largest absolute Gasteiger partial charge is 0.373 e. The summed E-state index contributed by atoms with van der Waals surface area (Å²) in [5.74, 6) is 0.127. The highest BCUT2D eigenvalue weighted by Gasteiger charge is 2.29. The third kappa shape index (κ3) is 3.55. The summed E-state index contributed by atoms with van der Waals surface area (Å²) in [4.78, 5) is 12.8. The Hall–Kier alpha value is -1.69. The number of hydrogen-bond acceptors (Lipinski definition) is 4. The van der Waals surface area contributed by atoms with Gasteiger partial charge in [0.1, 0.15) is 0 Å². The van der Waals surface area contributed by atoms with Crippen molar-refractivity contribution in [3.63, 3.8) is 0 Å². The lowest BCUT2D eigenvalue weighted by Gasteiger charge is -2.19. The molecule has 1 aliphatic heterocycles. The molecule has 2 atom stereocenters. The Labute approximate surface area is 134 Å². The molecule has 1 aromatic heterocycles. The maximum atomic E-state index is 11.1. The van der Waals surface area contributed by atoms with Crippen LogP contribution >= 0.6 is 11.3 Å². The maximum absolute atomic E-state index is 11.1. The average molecular weight is 316 g/mol. The van der Waals surface area contributed by atoms with Gasteiger partial charge in [-0.2, -0.15) is 0 Å². The smallest absolute Gasteiger partial charge is 0.258 e. The van der Waals surface area contributed by atoms with E-state index in [1.807, 2.05) is 12.1 Å². The van der Waals surface area contributed by atoms with Crippen molar-refractivity contribution in [2.75, 3.05) is 13.2 Å². The van der Waals surface area contributed by atoms with E-state index in [1.165, 1.54) is 16.9 Å². The van der Waals surface area contributed by atoms with Gasteiger partial charge in [-0.15, -0.1) is 11.3 Å². The molecule has 2 aromatic rings. The van der Waals surface area contributed by atoms with Crippen molar-refractivity contribution in [1.82, 2.24) is 5.32 Å². The number of nitrogens with two attached hydrogens (primary N) is 1. The first kappa shape index (κ1) is 15.2. The Kier molecular flexibility index (Phi) is 4.87. The summed E-state index contributed by atoms with van der Waals surface area (Å²) in [5.41, 5.74) is 6.52. The summed E-state index contributed by atoms with van der Waals surface area (Å²) >= 11 is 1.45. The number of carbonyl (C=O) groups is 1. The van der Waals surface area contributed by atoms with E-state index in [0.29, 0.717) is 10.8 Å². The van der Waals surface area contributed by atoms with Gasteiger partial charge in [0.05, 0.1) is 11.0 Å². The molecule has 2 heterocycles. The molecule has 1 aromatic carbocycles. The lowest BCUT2D eigenvalue weighted by atomic mass is 9.95. The number of nitrogens with one attached hydrogen (secondary N) is 1. The minimum Gasteiger partial charge on any atom is -0.373 e. The fourth-order valence-electron chi connectivity index (χ4n) is 2.84. The van der Waals surface area contributed by atoms with Crippen LogP contribution in [-0.2, 0) is 11.3 Å². The SMILES string of the molecule is NC(=O)c1ccc(CNC[C@H]2CCO[C@@H]2c2ccccc2)s1. The van der Waals surface area contributed by atoms with Crippen molar-refractivity contribution in [2.24, 2.45) is 11.7 Å². The Morgan fingerprint density at radius 3 is 2.82 bits per heavy atom. The predicted octanol–water partition coefficient (Wildman–Crippen LogP) is 2.71. The van der Waals surface area contributed by atoms with Crippen LogP contribution in [0.3, 0.4) is 0 Å². The molecule has 22 heavy (non-hydrogen) atoms. The number of carbonyl (C=O) groups excluding carboxylic acids is 1. The number of benzene rings is 1. The number of rotatable bonds is 6. The molecule has 4 nitrogen and oxygen atoms in total. The summed E-state index contributed by atoms with van der Waals surface area (Å²) in [6.45, 7) is 2.48. The van der Waals surface area contributed by atoms with Gasteiger partial charge in [0.25, 0.3) is 5.91 Å². The Balaban J connectivity index is 1.53. The zero-order valence-corrected chi connectivity index (χ0v) is 13.1. The van der Waals surface area contributed by atoms with E-state index in [-0.39, 0.29) is 12.0 Å². The average Bonchev–Trinajstić information content (AvgIpc) is 3.17. The molecule has 0 unspecified atom stereocenters. The molecule has 1 aliphatic rings. The number of primary amides is 1. The van der Waals surface area contributed by atoms with Crippen LogP contribution in [0.5, 0.6) is 0 Å². The molecule has 0 aliphatic carbocycles. The Morgan fingerprint density at radius 2 is 2.09 bits per heavy atom. The molecule has 1 saturated heterocycles. The van der Waals surface area contributed by atoms with Gasteiger partial charge >= 0.3 is 0 Å². The number of ether oxygens (including phenoxy) is 1. The lowest BCUT2D eigenvalue weighted by molar-refractivity contribution is 0.0904. The van der Waals surface area contributed by atoms with Crippen LogP contribution < -0.4 is 11.1 Å². The van der Waals surface area contributed by atoms with Crippen molar-refractivity contribution in [2.45, 2.75) is 19.1 Å². The molecule has 116 valence electrons. The van der Waals surface area contributed by atoms with Crippen LogP contribution in [0.25, 0.3) is 0 Å². The summed E-state index contributed by atoms with van der Waals surface area (Å²) in [6, 6.07) is 14.1. The van der Waals surface area contributed by atoms with Crippen LogP contribution in [0.1, 0.15) is 32.6 Å². The summed E-state index contributed by atoms with van der Waals surface area (Å²) in [6.07, 6.45) is 1.25. The first-order valence-electron chi connectivity index (χ1n) is 7.50. The highest BCUT2D eigenvalue weighted by atomic mass is 32.1. The molecule has 1 amide bonds. The van der Waals surface area contributed by atoms with Crippen LogP contribution in [0.15, 0.2) is 42.5 Å². The summed E-state index contributed by atoms with van der Waals surface area (Å²) < 4.78 is 5.89. The van der Waals surface area contributed by atoms with E-state index in [9.17, 15) is 4.79 Å². The second-order valence-corrected chi connectivity index (χ2v) is 6.68. The van der Waals surface area contributed by atoms with Crippen molar-refractivity contribution in [3.8, 4) is 0 Å².